The number of rotatable bonds is 1. The molecule has 0 aromatic carbocycles. The van der Waals surface area contributed by atoms with E-state index in [1.807, 2.05) is 17.2 Å². The lowest BCUT2D eigenvalue weighted by Gasteiger charge is -2.36. The molecule has 1 saturated heterocycles. The molecule has 2 aliphatic rings. The van der Waals surface area contributed by atoms with Crippen molar-refractivity contribution in [2.75, 3.05) is 25.0 Å². The van der Waals surface area contributed by atoms with Crippen LogP contribution in [-0.2, 0) is 11.2 Å². The number of amides is 1. The highest BCUT2D eigenvalue weighted by atomic mass is 16.2. The summed E-state index contributed by atoms with van der Waals surface area (Å²) < 4.78 is 0. The number of nitrogens with zero attached hydrogens (tertiary/aromatic N) is 3. The third-order valence-corrected chi connectivity index (χ3v) is 4.81. The van der Waals surface area contributed by atoms with Crippen molar-refractivity contribution in [3.05, 3.63) is 24.0 Å². The molecule has 0 atom stereocenters. The van der Waals surface area contributed by atoms with Gasteiger partial charge in [0.2, 0.25) is 5.91 Å². The number of nitrogens with one attached hydrogen (secondary N) is 1. The molecule has 2 aromatic heterocycles. The first-order valence-corrected chi connectivity index (χ1v) is 7.69. The van der Waals surface area contributed by atoms with Gasteiger partial charge in [0, 0.05) is 30.2 Å². The van der Waals surface area contributed by atoms with Gasteiger partial charge >= 0.3 is 0 Å². The van der Waals surface area contributed by atoms with Crippen molar-refractivity contribution in [1.29, 1.82) is 0 Å². The van der Waals surface area contributed by atoms with Gasteiger partial charge in [-0.05, 0) is 51.0 Å². The molecule has 2 aromatic rings. The molecule has 110 valence electrons. The monoisotopic (exact) mass is 284 g/mol. The minimum Gasteiger partial charge on any atom is -0.361 e. The lowest BCUT2D eigenvalue weighted by Crippen LogP contribution is -2.47. The second-order valence-corrected chi connectivity index (χ2v) is 6.17. The molecule has 0 radical (unpaired) electrons. The Bertz CT molecular complexity index is 685. The Balaban J connectivity index is 1.81. The molecule has 5 nitrogen and oxygen atoms in total. The van der Waals surface area contributed by atoms with Crippen molar-refractivity contribution >= 4 is 22.6 Å². The summed E-state index contributed by atoms with van der Waals surface area (Å²) in [4.78, 5) is 24.9. The summed E-state index contributed by atoms with van der Waals surface area (Å²) >= 11 is 0. The second kappa shape index (κ2) is 4.84. The predicted molar refractivity (Wildman–Crippen MR) is 82.4 cm³/mol. The standard InChI is InChI=1S/C16H20N4O/c1-19-8-5-12(6-9-19)20-14(21)3-2-11-10-18-13-4-7-17-16(20)15(11)13/h4,7,10,12,18H,2-3,5-6,8-9H2,1H3. The Hall–Kier alpha value is -1.88. The van der Waals surface area contributed by atoms with Gasteiger partial charge in [0.1, 0.15) is 5.82 Å². The number of pyridine rings is 1. The fourth-order valence-electron chi connectivity index (χ4n) is 3.61. The van der Waals surface area contributed by atoms with Crippen LogP contribution in [0.1, 0.15) is 24.8 Å². The van der Waals surface area contributed by atoms with Crippen LogP contribution >= 0.6 is 0 Å². The first-order chi connectivity index (χ1) is 10.2. The SMILES string of the molecule is CN1CCC(N2C(=O)CCc3c[nH]c4ccnc2c34)CC1. The van der Waals surface area contributed by atoms with Gasteiger partial charge in [-0.1, -0.05) is 0 Å². The zero-order valence-corrected chi connectivity index (χ0v) is 12.3. The average Bonchev–Trinajstić information content (AvgIpc) is 2.85. The van der Waals surface area contributed by atoms with Crippen LogP contribution in [0.4, 0.5) is 5.82 Å². The predicted octanol–water partition coefficient (Wildman–Crippen LogP) is 1.94. The van der Waals surface area contributed by atoms with Gasteiger partial charge in [0.05, 0.1) is 5.52 Å². The summed E-state index contributed by atoms with van der Waals surface area (Å²) in [7, 11) is 2.14. The first kappa shape index (κ1) is 12.8. The summed E-state index contributed by atoms with van der Waals surface area (Å²) in [5, 5.41) is 1.14. The zero-order chi connectivity index (χ0) is 14.4. The molecule has 4 rings (SSSR count). The molecular weight excluding hydrogens is 264 g/mol. The van der Waals surface area contributed by atoms with Crippen molar-refractivity contribution in [1.82, 2.24) is 14.9 Å². The van der Waals surface area contributed by atoms with Crippen molar-refractivity contribution in [3.8, 4) is 0 Å². The van der Waals surface area contributed by atoms with Crippen LogP contribution in [0.3, 0.4) is 0 Å². The molecule has 0 unspecified atom stereocenters. The Morgan fingerprint density at radius 3 is 2.90 bits per heavy atom. The smallest absolute Gasteiger partial charge is 0.228 e. The lowest BCUT2D eigenvalue weighted by atomic mass is 10.0. The van der Waals surface area contributed by atoms with Gasteiger partial charge in [0.25, 0.3) is 0 Å². The number of carbonyl (C=O) groups excluding carboxylic acids is 1. The minimum atomic E-state index is 0.223. The minimum absolute atomic E-state index is 0.223. The number of hydrogen-bond acceptors (Lipinski definition) is 3. The van der Waals surface area contributed by atoms with Gasteiger partial charge in [-0.2, -0.15) is 0 Å². The molecule has 1 N–H and O–H groups in total. The maximum Gasteiger partial charge on any atom is 0.228 e. The quantitative estimate of drug-likeness (QED) is 0.870. The zero-order valence-electron chi connectivity index (χ0n) is 12.3. The van der Waals surface area contributed by atoms with E-state index in [9.17, 15) is 4.79 Å². The Kier molecular flexibility index (Phi) is 2.96. The fraction of sp³-hybridized carbons (Fsp3) is 0.500. The molecular formula is C16H20N4O. The normalized spacial score (nSPS) is 21.0. The first-order valence-electron chi connectivity index (χ1n) is 7.69. The molecule has 0 spiro atoms. The largest absolute Gasteiger partial charge is 0.361 e. The average molecular weight is 284 g/mol. The number of carbonyl (C=O) groups is 1. The van der Waals surface area contributed by atoms with E-state index >= 15 is 0 Å². The molecule has 4 heterocycles. The number of hydrogen-bond donors (Lipinski definition) is 1. The van der Waals surface area contributed by atoms with Gasteiger partial charge in [-0.25, -0.2) is 4.98 Å². The van der Waals surface area contributed by atoms with Crippen molar-refractivity contribution in [2.24, 2.45) is 0 Å². The van der Waals surface area contributed by atoms with E-state index in [1.165, 1.54) is 5.56 Å². The van der Waals surface area contributed by atoms with Crippen molar-refractivity contribution < 1.29 is 4.79 Å². The molecule has 21 heavy (non-hydrogen) atoms. The van der Waals surface area contributed by atoms with E-state index in [-0.39, 0.29) is 11.9 Å². The van der Waals surface area contributed by atoms with Crippen molar-refractivity contribution in [2.45, 2.75) is 31.7 Å². The number of aromatic amines is 1. The van der Waals surface area contributed by atoms with Crippen LogP contribution in [0, 0.1) is 0 Å². The molecule has 1 fully saturated rings. The third-order valence-electron chi connectivity index (χ3n) is 4.81. The number of anilines is 1. The van der Waals surface area contributed by atoms with E-state index in [0.29, 0.717) is 6.42 Å². The Labute approximate surface area is 123 Å². The van der Waals surface area contributed by atoms with E-state index in [0.717, 1.165) is 49.1 Å². The molecule has 2 aliphatic heterocycles. The molecule has 0 bridgehead atoms. The summed E-state index contributed by atoms with van der Waals surface area (Å²) in [5.41, 5.74) is 2.31. The van der Waals surface area contributed by atoms with E-state index in [1.54, 1.807) is 6.20 Å². The van der Waals surface area contributed by atoms with Crippen LogP contribution in [0.5, 0.6) is 0 Å². The van der Waals surface area contributed by atoms with Gasteiger partial charge < -0.3 is 9.88 Å². The highest BCUT2D eigenvalue weighted by Crippen LogP contribution is 2.34. The third kappa shape index (κ3) is 2.03. The van der Waals surface area contributed by atoms with Gasteiger partial charge in [-0.15, -0.1) is 0 Å². The van der Waals surface area contributed by atoms with Gasteiger partial charge in [0.15, 0.2) is 0 Å². The Morgan fingerprint density at radius 1 is 1.29 bits per heavy atom. The number of H-pyrrole nitrogens is 1. The lowest BCUT2D eigenvalue weighted by molar-refractivity contribution is -0.119. The van der Waals surface area contributed by atoms with Crippen LogP contribution in [0.25, 0.3) is 10.9 Å². The van der Waals surface area contributed by atoms with E-state index in [4.69, 9.17) is 0 Å². The number of piperidine rings is 1. The van der Waals surface area contributed by atoms with Crippen LogP contribution in [0.2, 0.25) is 0 Å². The highest BCUT2D eigenvalue weighted by Gasteiger charge is 2.32. The summed E-state index contributed by atoms with van der Waals surface area (Å²) in [6.45, 7) is 2.09. The second-order valence-electron chi connectivity index (χ2n) is 6.17. The topological polar surface area (TPSA) is 52.2 Å². The van der Waals surface area contributed by atoms with E-state index < -0.39 is 0 Å². The molecule has 0 aliphatic carbocycles. The van der Waals surface area contributed by atoms with Gasteiger partial charge in [-0.3, -0.25) is 9.69 Å². The van der Waals surface area contributed by atoms with Crippen LogP contribution in [0.15, 0.2) is 18.5 Å². The van der Waals surface area contributed by atoms with E-state index in [2.05, 4.69) is 21.9 Å². The number of aryl methyl sites for hydroxylation is 1. The molecule has 5 heteroatoms. The summed E-state index contributed by atoms with van der Waals surface area (Å²) in [6.07, 6.45) is 7.27. The highest BCUT2D eigenvalue weighted by molar-refractivity contribution is 6.04. The Morgan fingerprint density at radius 2 is 2.10 bits per heavy atom. The number of likely N-dealkylation sites (tertiary alicyclic amines) is 1. The summed E-state index contributed by atoms with van der Waals surface area (Å²) in [6, 6.07) is 2.28. The van der Waals surface area contributed by atoms with Crippen molar-refractivity contribution in [3.63, 3.8) is 0 Å². The summed E-state index contributed by atoms with van der Waals surface area (Å²) in [5.74, 6) is 1.08. The molecule has 0 saturated carbocycles. The fourth-order valence-corrected chi connectivity index (χ4v) is 3.61. The molecule has 1 amide bonds. The van der Waals surface area contributed by atoms with Crippen LogP contribution < -0.4 is 4.90 Å². The van der Waals surface area contributed by atoms with Crippen LogP contribution in [-0.4, -0.2) is 47.0 Å². The number of aromatic nitrogens is 2. The maximum absolute atomic E-state index is 12.7. The maximum atomic E-state index is 12.7.